The quantitative estimate of drug-likeness (QED) is 0.221. The first-order chi connectivity index (χ1) is 20.9. The van der Waals surface area contributed by atoms with Crippen LogP contribution in [0.1, 0.15) is 28.8 Å². The van der Waals surface area contributed by atoms with E-state index in [1.807, 2.05) is 52.1 Å². The summed E-state index contributed by atoms with van der Waals surface area (Å²) in [5, 5.41) is 15.2. The number of carbonyl (C=O) groups excluding carboxylic acids is 1. The number of H-pyrrole nitrogens is 2. The van der Waals surface area contributed by atoms with Gasteiger partial charge in [0.2, 0.25) is 0 Å². The van der Waals surface area contributed by atoms with Gasteiger partial charge in [0.05, 0.1) is 36.5 Å². The van der Waals surface area contributed by atoms with E-state index in [2.05, 4.69) is 27.2 Å². The number of likely N-dealkylation sites (tertiary alicyclic amines) is 1. The average molecular weight is 582 g/mol. The Morgan fingerprint density at radius 3 is 2.79 bits per heavy atom. The summed E-state index contributed by atoms with van der Waals surface area (Å²) in [5.41, 5.74) is 4.68. The highest BCUT2D eigenvalue weighted by molar-refractivity contribution is 6.02. The molecule has 1 fully saturated rings. The molecule has 43 heavy (non-hydrogen) atoms. The molecule has 0 saturated carbocycles. The SMILES string of the molecule is COc1ccc2c(ccn2C[C@H](O)CNc2cc[nH]c(=O)c2-c2nc3cc4c(cc3[nH]2)CN(C2CCN(C)CC2)C4=O)c1. The molecule has 1 atom stereocenters. The number of carbonyl (C=O) groups is 1. The smallest absolute Gasteiger partial charge is 0.261 e. The Morgan fingerprint density at radius 1 is 1.14 bits per heavy atom. The van der Waals surface area contributed by atoms with Gasteiger partial charge in [0.15, 0.2) is 0 Å². The first kappa shape index (κ1) is 27.2. The summed E-state index contributed by atoms with van der Waals surface area (Å²) in [7, 11) is 3.76. The number of imidazole rings is 1. The number of nitrogens with one attached hydrogen (secondary N) is 3. The molecule has 0 unspecified atom stereocenters. The minimum absolute atomic E-state index is 0.0551. The zero-order valence-electron chi connectivity index (χ0n) is 24.3. The number of anilines is 1. The van der Waals surface area contributed by atoms with Gasteiger partial charge in [-0.1, -0.05) is 0 Å². The van der Waals surface area contributed by atoms with Crippen molar-refractivity contribution in [2.75, 3.05) is 39.1 Å². The number of hydrogen-bond acceptors (Lipinski definition) is 7. The van der Waals surface area contributed by atoms with Crippen LogP contribution in [0.15, 0.2) is 59.7 Å². The summed E-state index contributed by atoms with van der Waals surface area (Å²) in [6.45, 7) is 3.18. The van der Waals surface area contributed by atoms with Crippen LogP contribution in [-0.4, -0.2) is 86.3 Å². The molecule has 1 saturated heterocycles. The number of methoxy groups -OCH3 is 1. The molecule has 0 aliphatic carbocycles. The summed E-state index contributed by atoms with van der Waals surface area (Å²) in [6.07, 6.45) is 4.75. The summed E-state index contributed by atoms with van der Waals surface area (Å²) in [6, 6.07) is 13.7. The number of aliphatic hydroxyl groups excluding tert-OH is 1. The van der Waals surface area contributed by atoms with Crippen molar-refractivity contribution in [1.82, 2.24) is 29.3 Å². The molecule has 2 aromatic carbocycles. The molecule has 2 aliphatic heterocycles. The second kappa shape index (κ2) is 10.9. The molecule has 3 aromatic heterocycles. The monoisotopic (exact) mass is 581 g/mol. The molecule has 11 heteroatoms. The van der Waals surface area contributed by atoms with E-state index in [0.717, 1.165) is 53.7 Å². The highest BCUT2D eigenvalue weighted by atomic mass is 16.5. The third kappa shape index (κ3) is 5.04. The van der Waals surface area contributed by atoms with Crippen molar-refractivity contribution in [3.8, 4) is 17.1 Å². The van der Waals surface area contributed by atoms with Crippen LogP contribution in [0.25, 0.3) is 33.3 Å². The maximum Gasteiger partial charge on any atom is 0.261 e. The molecule has 0 radical (unpaired) electrons. The number of aromatic nitrogens is 4. The van der Waals surface area contributed by atoms with Crippen LogP contribution in [0, 0.1) is 0 Å². The first-order valence-electron chi connectivity index (χ1n) is 14.7. The van der Waals surface area contributed by atoms with E-state index in [0.29, 0.717) is 41.2 Å². The summed E-state index contributed by atoms with van der Waals surface area (Å²) < 4.78 is 7.30. The van der Waals surface area contributed by atoms with Gasteiger partial charge in [0, 0.05) is 48.0 Å². The van der Waals surface area contributed by atoms with Crippen LogP contribution >= 0.6 is 0 Å². The molecule has 11 nitrogen and oxygen atoms in total. The molecule has 0 bridgehead atoms. The third-order valence-electron chi connectivity index (χ3n) is 8.78. The van der Waals surface area contributed by atoms with E-state index in [4.69, 9.17) is 9.72 Å². The average Bonchev–Trinajstić information content (AvgIpc) is 3.70. The van der Waals surface area contributed by atoms with E-state index in [1.54, 1.807) is 19.4 Å². The standard InChI is InChI=1S/C32H35N7O4/c1-37-10-7-21(8-11-37)39-17-20-14-26-27(15-24(20)32(39)42)36-30(35-26)29-25(5-9-33-31(29)41)34-16-22(40)18-38-12-6-19-13-23(43-2)3-4-28(19)38/h3-6,9,12-15,21-22,40H,7-8,10-11,16-18H2,1-2H3,(H,35,36)(H2,33,34,41)/t22-/m1/s1. The predicted molar refractivity (Wildman–Crippen MR) is 166 cm³/mol. The number of rotatable bonds is 8. The van der Waals surface area contributed by atoms with Crippen LogP contribution in [-0.2, 0) is 13.1 Å². The fourth-order valence-electron chi connectivity index (χ4n) is 6.41. The molecule has 0 spiro atoms. The maximum absolute atomic E-state index is 13.3. The largest absolute Gasteiger partial charge is 0.497 e. The highest BCUT2D eigenvalue weighted by Crippen LogP contribution is 2.32. The number of piperidine rings is 1. The maximum atomic E-state index is 13.3. The van der Waals surface area contributed by atoms with E-state index < -0.39 is 6.10 Å². The number of fused-ring (bicyclic) bond motifs is 3. The van der Waals surface area contributed by atoms with Gasteiger partial charge in [-0.05, 0) is 81.0 Å². The molecule has 5 heterocycles. The van der Waals surface area contributed by atoms with E-state index >= 15 is 0 Å². The lowest BCUT2D eigenvalue weighted by atomic mass is 10.0. The van der Waals surface area contributed by atoms with Gasteiger partial charge >= 0.3 is 0 Å². The van der Waals surface area contributed by atoms with Crippen LogP contribution in [0.3, 0.4) is 0 Å². The van der Waals surface area contributed by atoms with Crippen molar-refractivity contribution in [1.29, 1.82) is 0 Å². The van der Waals surface area contributed by atoms with Gasteiger partial charge in [0.1, 0.15) is 17.1 Å². The number of amides is 1. The Bertz CT molecular complexity index is 1880. The van der Waals surface area contributed by atoms with Gasteiger partial charge in [-0.3, -0.25) is 9.59 Å². The van der Waals surface area contributed by atoms with E-state index in [-0.39, 0.29) is 24.1 Å². The van der Waals surface area contributed by atoms with Crippen molar-refractivity contribution in [3.63, 3.8) is 0 Å². The van der Waals surface area contributed by atoms with Crippen molar-refractivity contribution in [3.05, 3.63) is 76.3 Å². The molecule has 2 aliphatic rings. The van der Waals surface area contributed by atoms with E-state index in [9.17, 15) is 14.7 Å². The van der Waals surface area contributed by atoms with Gasteiger partial charge in [0.25, 0.3) is 11.5 Å². The van der Waals surface area contributed by atoms with Gasteiger partial charge in [-0.25, -0.2) is 4.98 Å². The molecular formula is C32H35N7O4. The Balaban J connectivity index is 1.09. The normalized spacial score (nSPS) is 16.7. The number of aliphatic hydroxyl groups is 1. The van der Waals surface area contributed by atoms with Crippen molar-refractivity contribution >= 4 is 33.5 Å². The second-order valence-electron chi connectivity index (χ2n) is 11.6. The lowest BCUT2D eigenvalue weighted by molar-refractivity contribution is 0.0617. The van der Waals surface area contributed by atoms with Gasteiger partial charge < -0.3 is 39.5 Å². The minimum Gasteiger partial charge on any atom is -0.497 e. The summed E-state index contributed by atoms with van der Waals surface area (Å²) >= 11 is 0. The molecule has 7 rings (SSSR count). The lowest BCUT2D eigenvalue weighted by Crippen LogP contribution is -2.43. The van der Waals surface area contributed by atoms with Crippen molar-refractivity contribution in [2.45, 2.75) is 38.1 Å². The number of ether oxygens (including phenoxy) is 1. The number of benzene rings is 2. The Morgan fingerprint density at radius 2 is 1.98 bits per heavy atom. The Kier molecular flexibility index (Phi) is 6.91. The fourth-order valence-corrected chi connectivity index (χ4v) is 6.41. The fraction of sp³-hybridized carbons (Fsp3) is 0.344. The van der Waals surface area contributed by atoms with Gasteiger partial charge in [-0.2, -0.15) is 0 Å². The topological polar surface area (TPSA) is 132 Å². The second-order valence-corrected chi connectivity index (χ2v) is 11.6. The van der Waals surface area contributed by atoms with Crippen molar-refractivity contribution in [2.24, 2.45) is 0 Å². The zero-order valence-corrected chi connectivity index (χ0v) is 24.3. The molecule has 4 N–H and O–H groups in total. The van der Waals surface area contributed by atoms with Crippen molar-refractivity contribution < 1.29 is 14.6 Å². The van der Waals surface area contributed by atoms with Gasteiger partial charge in [-0.15, -0.1) is 0 Å². The number of aromatic amines is 2. The zero-order chi connectivity index (χ0) is 29.7. The highest BCUT2D eigenvalue weighted by Gasteiger charge is 2.34. The first-order valence-corrected chi connectivity index (χ1v) is 14.7. The van der Waals surface area contributed by atoms with Crippen LogP contribution in [0.5, 0.6) is 5.75 Å². The molecule has 1 amide bonds. The molecule has 222 valence electrons. The molecule has 5 aromatic rings. The number of nitrogens with zero attached hydrogens (tertiary/aromatic N) is 4. The summed E-state index contributed by atoms with van der Waals surface area (Å²) in [4.78, 5) is 41.4. The van der Waals surface area contributed by atoms with Crippen LogP contribution in [0.4, 0.5) is 5.69 Å². The third-order valence-corrected chi connectivity index (χ3v) is 8.78. The van der Waals surface area contributed by atoms with Crippen LogP contribution < -0.4 is 15.6 Å². The minimum atomic E-state index is -0.720. The summed E-state index contributed by atoms with van der Waals surface area (Å²) in [5.74, 6) is 1.24. The Hall–Kier alpha value is -4.61. The predicted octanol–water partition coefficient (Wildman–Crippen LogP) is 3.40. The molecular weight excluding hydrogens is 546 g/mol. The number of hydrogen-bond donors (Lipinski definition) is 4. The van der Waals surface area contributed by atoms with Crippen LogP contribution in [0.2, 0.25) is 0 Å². The van der Waals surface area contributed by atoms with E-state index in [1.165, 1.54) is 0 Å². The Labute approximate surface area is 248 Å². The lowest BCUT2D eigenvalue weighted by Gasteiger charge is -2.34. The number of pyridine rings is 1.